The van der Waals surface area contributed by atoms with Crippen LogP contribution in [0.15, 0.2) is 0 Å². The van der Waals surface area contributed by atoms with Crippen LogP contribution in [0.5, 0.6) is 0 Å². The summed E-state index contributed by atoms with van der Waals surface area (Å²) in [4.78, 5) is 13.3. The molecule has 0 rings (SSSR count). The van der Waals surface area contributed by atoms with Crippen molar-refractivity contribution in [1.82, 2.24) is 0 Å². The topological polar surface area (TPSA) is 87.0 Å². The highest BCUT2D eigenvalue weighted by atomic mass is 28.4. The maximum atomic E-state index is 13.3. The van der Waals surface area contributed by atoms with Crippen LogP contribution in [0, 0.1) is 0 Å². The lowest BCUT2D eigenvalue weighted by Crippen LogP contribution is -2.75. The predicted molar refractivity (Wildman–Crippen MR) is 98.0 cm³/mol. The Bertz CT molecular complexity index is 395. The Balaban J connectivity index is 6.37. The lowest BCUT2D eigenvalue weighted by molar-refractivity contribution is -0.139. The second-order valence-electron chi connectivity index (χ2n) is 8.97. The van der Waals surface area contributed by atoms with Crippen LogP contribution < -0.4 is 0 Å². The molecule has 3 N–H and O–H groups in total. The van der Waals surface area contributed by atoms with Gasteiger partial charge in [-0.05, 0) is 19.6 Å². The SMILES string of the molecule is C[Si](C)(C)OC(C(=O)[Si](C)(C)C)(C(O)C(O)CO)[Si](C)(C)C. The number of aliphatic hydroxyl groups is 3. The first kappa shape index (κ1) is 22.2. The van der Waals surface area contributed by atoms with Gasteiger partial charge in [0.1, 0.15) is 30.9 Å². The highest BCUT2D eigenvalue weighted by Gasteiger charge is 2.61. The number of carbonyl (C=O) groups excluding carboxylic acids is 1. The highest BCUT2D eigenvalue weighted by Crippen LogP contribution is 2.37. The zero-order valence-electron chi connectivity index (χ0n) is 15.5. The number of hydrogen-bond donors (Lipinski definition) is 3. The van der Waals surface area contributed by atoms with Gasteiger partial charge in [0.25, 0.3) is 0 Å². The summed E-state index contributed by atoms with van der Waals surface area (Å²) in [6.07, 6.45) is -2.79. The van der Waals surface area contributed by atoms with Gasteiger partial charge in [0.2, 0.25) is 0 Å². The average molecular weight is 367 g/mol. The molecule has 0 aliphatic carbocycles. The summed E-state index contributed by atoms with van der Waals surface area (Å²) in [5.41, 5.74) is 0. The summed E-state index contributed by atoms with van der Waals surface area (Å²) >= 11 is 0. The smallest absolute Gasteiger partial charge is 0.184 e. The molecule has 5 nitrogen and oxygen atoms in total. The van der Waals surface area contributed by atoms with Crippen LogP contribution in [0.2, 0.25) is 58.9 Å². The number of aliphatic hydroxyl groups excluding tert-OH is 3. The minimum atomic E-state index is -2.39. The van der Waals surface area contributed by atoms with Crippen molar-refractivity contribution in [2.75, 3.05) is 6.61 Å². The first-order valence-electron chi connectivity index (χ1n) is 7.73. The molecule has 0 heterocycles. The van der Waals surface area contributed by atoms with Crippen LogP contribution >= 0.6 is 0 Å². The Kier molecular flexibility index (Phi) is 7.01. The molecule has 0 aromatic heterocycles. The fraction of sp³-hybridized carbons (Fsp3) is 0.929. The van der Waals surface area contributed by atoms with Crippen molar-refractivity contribution in [2.24, 2.45) is 0 Å². The summed E-state index contributed by atoms with van der Waals surface area (Å²) in [5, 5.41) is 28.7. The van der Waals surface area contributed by atoms with Crippen LogP contribution in [0.1, 0.15) is 0 Å². The van der Waals surface area contributed by atoms with Crippen molar-refractivity contribution < 1.29 is 24.5 Å². The zero-order chi connectivity index (χ0) is 18.1. The van der Waals surface area contributed by atoms with Crippen molar-refractivity contribution >= 4 is 29.9 Å². The van der Waals surface area contributed by atoms with Gasteiger partial charge in [0.15, 0.2) is 8.32 Å². The molecule has 0 bridgehead atoms. The number of rotatable bonds is 8. The van der Waals surface area contributed by atoms with Crippen LogP contribution in [0.4, 0.5) is 0 Å². The largest absolute Gasteiger partial charge is 0.406 e. The van der Waals surface area contributed by atoms with Gasteiger partial charge >= 0.3 is 0 Å². The van der Waals surface area contributed by atoms with E-state index in [-0.39, 0.29) is 5.41 Å². The molecule has 0 aromatic rings. The third-order valence-corrected chi connectivity index (χ3v) is 9.54. The molecule has 22 heavy (non-hydrogen) atoms. The molecule has 8 heteroatoms. The van der Waals surface area contributed by atoms with E-state index in [9.17, 15) is 20.1 Å². The van der Waals surface area contributed by atoms with E-state index in [0.29, 0.717) is 0 Å². The third kappa shape index (κ3) is 4.83. The van der Waals surface area contributed by atoms with E-state index in [2.05, 4.69) is 0 Å². The molecule has 0 aliphatic heterocycles. The molecular formula is C14H34O5Si3. The quantitative estimate of drug-likeness (QED) is 0.568. The van der Waals surface area contributed by atoms with E-state index < -0.39 is 48.5 Å². The van der Waals surface area contributed by atoms with Crippen LogP contribution in [0.3, 0.4) is 0 Å². The Morgan fingerprint density at radius 2 is 1.41 bits per heavy atom. The lowest BCUT2D eigenvalue weighted by atomic mass is 10.1. The van der Waals surface area contributed by atoms with Crippen molar-refractivity contribution in [2.45, 2.75) is 76.4 Å². The van der Waals surface area contributed by atoms with Crippen LogP contribution in [0.25, 0.3) is 0 Å². The Labute approximate surface area is 137 Å². The molecule has 0 aliphatic rings. The van der Waals surface area contributed by atoms with E-state index in [4.69, 9.17) is 4.43 Å². The summed E-state index contributed by atoms with van der Waals surface area (Å²) in [6, 6.07) is 0. The van der Waals surface area contributed by atoms with Crippen LogP contribution in [-0.4, -0.2) is 69.2 Å². The summed E-state index contributed by atoms with van der Waals surface area (Å²) in [5.74, 6) is 0. The van der Waals surface area contributed by atoms with Gasteiger partial charge < -0.3 is 24.5 Å². The maximum Gasteiger partial charge on any atom is 0.184 e. The van der Waals surface area contributed by atoms with Crippen molar-refractivity contribution in [3.63, 3.8) is 0 Å². The molecule has 0 radical (unpaired) electrons. The summed E-state index contributed by atoms with van der Waals surface area (Å²) in [7, 11) is -6.85. The van der Waals surface area contributed by atoms with Crippen molar-refractivity contribution in [1.29, 1.82) is 0 Å². The highest BCUT2D eigenvalue weighted by molar-refractivity contribution is 7.08. The van der Waals surface area contributed by atoms with Crippen molar-refractivity contribution in [3.8, 4) is 0 Å². The Hall–Kier alpha value is 0.161. The molecule has 0 saturated carbocycles. The molecule has 0 fully saturated rings. The molecular weight excluding hydrogens is 332 g/mol. The standard InChI is InChI=1S/C14H34O5Si3/c1-20(2,3)13(18)14(21(4,5)6,19-22(7,8)9)12(17)11(16)10-15/h11-12,15-17H,10H2,1-9H3. The van der Waals surface area contributed by atoms with Gasteiger partial charge in [-0.2, -0.15) is 0 Å². The van der Waals surface area contributed by atoms with Crippen molar-refractivity contribution in [3.05, 3.63) is 0 Å². The molecule has 0 spiro atoms. The van der Waals surface area contributed by atoms with Gasteiger partial charge in [-0.25, -0.2) is 0 Å². The normalized spacial score (nSPS) is 19.5. The van der Waals surface area contributed by atoms with Gasteiger partial charge in [-0.1, -0.05) is 39.3 Å². The zero-order valence-corrected chi connectivity index (χ0v) is 18.5. The van der Waals surface area contributed by atoms with E-state index in [1.165, 1.54) is 0 Å². The fourth-order valence-corrected chi connectivity index (χ4v) is 11.3. The minimum absolute atomic E-state index is 0.0680. The molecule has 0 amide bonds. The minimum Gasteiger partial charge on any atom is -0.406 e. The Morgan fingerprint density at radius 3 is 1.64 bits per heavy atom. The fourth-order valence-electron chi connectivity index (χ4n) is 2.59. The van der Waals surface area contributed by atoms with Gasteiger partial charge in [0.05, 0.1) is 14.7 Å². The molecule has 3 unspecified atom stereocenters. The summed E-state index contributed by atoms with van der Waals surface area (Å²) < 4.78 is 6.33. The van der Waals surface area contributed by atoms with E-state index in [0.717, 1.165) is 0 Å². The lowest BCUT2D eigenvalue weighted by Gasteiger charge is -2.51. The van der Waals surface area contributed by atoms with Crippen LogP contribution in [-0.2, 0) is 9.22 Å². The second-order valence-corrected chi connectivity index (χ2v) is 23.6. The number of carbonyl (C=O) groups is 1. The first-order valence-corrected chi connectivity index (χ1v) is 18.1. The second kappa shape index (κ2) is 6.96. The summed E-state index contributed by atoms with van der Waals surface area (Å²) in [6.45, 7) is 17.0. The predicted octanol–water partition coefficient (Wildman–Crippen LogP) is 1.61. The molecule has 3 atom stereocenters. The molecule has 0 saturated heterocycles. The molecule has 0 aromatic carbocycles. The monoisotopic (exact) mass is 366 g/mol. The third-order valence-electron chi connectivity index (χ3n) is 3.57. The van der Waals surface area contributed by atoms with Gasteiger partial charge in [-0.15, -0.1) is 0 Å². The first-order chi connectivity index (χ1) is 9.50. The van der Waals surface area contributed by atoms with Gasteiger partial charge in [-0.3, -0.25) is 0 Å². The van der Waals surface area contributed by atoms with E-state index >= 15 is 0 Å². The maximum absolute atomic E-state index is 13.3. The van der Waals surface area contributed by atoms with Gasteiger partial charge in [0, 0.05) is 0 Å². The van der Waals surface area contributed by atoms with E-state index in [1.807, 2.05) is 58.9 Å². The molecule has 132 valence electrons. The average Bonchev–Trinajstić information content (AvgIpc) is 2.29. The van der Waals surface area contributed by atoms with E-state index in [1.54, 1.807) is 0 Å². The Morgan fingerprint density at radius 1 is 1.00 bits per heavy atom. The number of hydrogen-bond acceptors (Lipinski definition) is 5.